The highest BCUT2D eigenvalue weighted by Gasteiger charge is 2.12. The van der Waals surface area contributed by atoms with Crippen molar-refractivity contribution in [2.45, 2.75) is 33.2 Å². The van der Waals surface area contributed by atoms with Crippen molar-refractivity contribution in [3.63, 3.8) is 0 Å². The summed E-state index contributed by atoms with van der Waals surface area (Å²) in [5.41, 5.74) is 1.12. The van der Waals surface area contributed by atoms with E-state index in [4.69, 9.17) is 11.6 Å². The summed E-state index contributed by atoms with van der Waals surface area (Å²) >= 11 is 7.49. The van der Waals surface area contributed by atoms with E-state index in [9.17, 15) is 0 Å². The molecule has 1 aromatic rings. The molecular formula is C11H17ClN2S. The molecule has 1 heterocycles. The summed E-state index contributed by atoms with van der Waals surface area (Å²) in [7, 11) is 0. The summed E-state index contributed by atoms with van der Waals surface area (Å²) < 4.78 is 0. The number of hydrogen-bond donors (Lipinski definition) is 1. The maximum absolute atomic E-state index is 5.71. The molecule has 0 radical (unpaired) electrons. The molecule has 15 heavy (non-hydrogen) atoms. The molecule has 1 N–H and O–H groups in total. The predicted molar refractivity (Wildman–Crippen MR) is 67.6 cm³/mol. The standard InChI is InChI=1S/C11H17ClN2S/c1-5-10-14-9(4)11(15-10)8(3)13-6-7(2)12/h8,13H,2,5-6H2,1,3-4H3. The van der Waals surface area contributed by atoms with Crippen LogP contribution in [0.3, 0.4) is 0 Å². The minimum absolute atomic E-state index is 0.290. The normalized spacial score (nSPS) is 12.8. The van der Waals surface area contributed by atoms with Gasteiger partial charge in [0.15, 0.2) is 0 Å². The van der Waals surface area contributed by atoms with Crippen molar-refractivity contribution in [3.8, 4) is 0 Å². The smallest absolute Gasteiger partial charge is 0.0928 e. The molecule has 1 rings (SSSR count). The Hall–Kier alpha value is -0.380. The summed E-state index contributed by atoms with van der Waals surface area (Å²) in [6, 6.07) is 0.290. The third-order valence-corrected chi connectivity index (χ3v) is 3.79. The molecule has 0 amide bonds. The second-order valence-corrected chi connectivity index (χ2v) is 5.18. The molecular weight excluding hydrogens is 228 g/mol. The van der Waals surface area contributed by atoms with Crippen molar-refractivity contribution in [2.24, 2.45) is 0 Å². The number of hydrogen-bond acceptors (Lipinski definition) is 3. The van der Waals surface area contributed by atoms with Crippen LogP contribution in [-0.4, -0.2) is 11.5 Å². The maximum atomic E-state index is 5.71. The highest BCUT2D eigenvalue weighted by Crippen LogP contribution is 2.25. The Balaban J connectivity index is 2.68. The van der Waals surface area contributed by atoms with Crippen LogP contribution in [-0.2, 0) is 6.42 Å². The molecule has 0 bridgehead atoms. The van der Waals surface area contributed by atoms with Crippen LogP contribution in [0.15, 0.2) is 11.6 Å². The monoisotopic (exact) mass is 244 g/mol. The lowest BCUT2D eigenvalue weighted by Crippen LogP contribution is -2.19. The first-order valence-electron chi connectivity index (χ1n) is 5.07. The fourth-order valence-electron chi connectivity index (χ4n) is 1.38. The highest BCUT2D eigenvalue weighted by molar-refractivity contribution is 7.11. The van der Waals surface area contributed by atoms with Gasteiger partial charge in [-0.3, -0.25) is 0 Å². The number of nitrogens with zero attached hydrogens (tertiary/aromatic N) is 1. The van der Waals surface area contributed by atoms with Crippen LogP contribution < -0.4 is 5.32 Å². The van der Waals surface area contributed by atoms with Crippen LogP contribution in [0.2, 0.25) is 0 Å². The SMILES string of the molecule is C=C(Cl)CNC(C)c1sc(CC)nc1C. The molecule has 0 saturated heterocycles. The van der Waals surface area contributed by atoms with Gasteiger partial charge >= 0.3 is 0 Å². The van der Waals surface area contributed by atoms with Gasteiger partial charge in [-0.25, -0.2) is 4.98 Å². The van der Waals surface area contributed by atoms with E-state index in [1.807, 2.05) is 0 Å². The zero-order valence-electron chi connectivity index (χ0n) is 9.43. The van der Waals surface area contributed by atoms with E-state index in [1.165, 1.54) is 9.88 Å². The van der Waals surface area contributed by atoms with Crippen LogP contribution in [0.25, 0.3) is 0 Å². The topological polar surface area (TPSA) is 24.9 Å². The Labute approximate surface area is 100 Å². The van der Waals surface area contributed by atoms with Gasteiger partial charge in [0, 0.05) is 22.5 Å². The third-order valence-electron chi connectivity index (χ3n) is 2.17. The Bertz CT molecular complexity index is 346. The van der Waals surface area contributed by atoms with Crippen molar-refractivity contribution in [1.29, 1.82) is 0 Å². The zero-order chi connectivity index (χ0) is 11.4. The summed E-state index contributed by atoms with van der Waals surface area (Å²) in [4.78, 5) is 5.80. The summed E-state index contributed by atoms with van der Waals surface area (Å²) in [5, 5.41) is 5.15. The fraction of sp³-hybridized carbons (Fsp3) is 0.545. The van der Waals surface area contributed by atoms with Gasteiger partial charge in [0.25, 0.3) is 0 Å². The Morgan fingerprint density at radius 3 is 2.80 bits per heavy atom. The number of aromatic nitrogens is 1. The van der Waals surface area contributed by atoms with Gasteiger partial charge in [0.1, 0.15) is 0 Å². The Morgan fingerprint density at radius 2 is 2.33 bits per heavy atom. The van der Waals surface area contributed by atoms with Gasteiger partial charge in [0.2, 0.25) is 0 Å². The molecule has 0 saturated carbocycles. The van der Waals surface area contributed by atoms with Crippen LogP contribution in [0.5, 0.6) is 0 Å². The van der Waals surface area contributed by atoms with Gasteiger partial charge in [-0.2, -0.15) is 0 Å². The fourth-order valence-corrected chi connectivity index (χ4v) is 2.49. The quantitative estimate of drug-likeness (QED) is 0.859. The molecule has 0 spiro atoms. The third kappa shape index (κ3) is 3.59. The van der Waals surface area contributed by atoms with Crippen LogP contribution in [0, 0.1) is 6.92 Å². The number of halogens is 1. The number of nitrogens with one attached hydrogen (secondary N) is 1. The second-order valence-electron chi connectivity index (χ2n) is 3.53. The molecule has 0 aliphatic carbocycles. The molecule has 0 fully saturated rings. The van der Waals surface area contributed by atoms with E-state index >= 15 is 0 Å². The first-order valence-corrected chi connectivity index (χ1v) is 6.26. The lowest BCUT2D eigenvalue weighted by Gasteiger charge is -2.11. The molecule has 0 aliphatic rings. The molecule has 1 unspecified atom stereocenters. The molecule has 84 valence electrons. The Kier molecular flexibility index (Phi) is 4.77. The average molecular weight is 245 g/mol. The molecule has 1 aromatic heterocycles. The van der Waals surface area contributed by atoms with E-state index in [0.29, 0.717) is 17.6 Å². The van der Waals surface area contributed by atoms with Gasteiger partial charge in [-0.1, -0.05) is 25.1 Å². The van der Waals surface area contributed by atoms with Crippen molar-refractivity contribution in [2.75, 3.05) is 6.54 Å². The van der Waals surface area contributed by atoms with Gasteiger partial charge in [-0.15, -0.1) is 11.3 Å². The second kappa shape index (κ2) is 5.64. The van der Waals surface area contributed by atoms with Gasteiger partial charge < -0.3 is 5.32 Å². The zero-order valence-corrected chi connectivity index (χ0v) is 11.0. The largest absolute Gasteiger partial charge is 0.304 e. The average Bonchev–Trinajstić information content (AvgIpc) is 2.56. The predicted octanol–water partition coefficient (Wildman–Crippen LogP) is 3.42. The number of aryl methyl sites for hydroxylation is 2. The maximum Gasteiger partial charge on any atom is 0.0928 e. The van der Waals surface area contributed by atoms with Gasteiger partial charge in [0.05, 0.1) is 10.7 Å². The number of rotatable bonds is 5. The molecule has 0 aliphatic heterocycles. The van der Waals surface area contributed by atoms with Crippen molar-refractivity contribution in [3.05, 3.63) is 27.2 Å². The van der Waals surface area contributed by atoms with E-state index in [2.05, 4.69) is 37.7 Å². The van der Waals surface area contributed by atoms with E-state index in [1.54, 1.807) is 11.3 Å². The molecule has 1 atom stereocenters. The lowest BCUT2D eigenvalue weighted by molar-refractivity contribution is 0.620. The first kappa shape index (κ1) is 12.7. The minimum atomic E-state index is 0.290. The van der Waals surface area contributed by atoms with E-state index in [-0.39, 0.29) is 0 Å². The summed E-state index contributed by atoms with van der Waals surface area (Å²) in [5.74, 6) is 0. The summed E-state index contributed by atoms with van der Waals surface area (Å²) in [6.07, 6.45) is 1.00. The molecule has 2 nitrogen and oxygen atoms in total. The molecule has 4 heteroatoms. The van der Waals surface area contributed by atoms with E-state index < -0.39 is 0 Å². The Morgan fingerprint density at radius 1 is 1.67 bits per heavy atom. The molecule has 0 aromatic carbocycles. The van der Waals surface area contributed by atoms with Crippen molar-refractivity contribution < 1.29 is 0 Å². The lowest BCUT2D eigenvalue weighted by atomic mass is 10.2. The number of thiazole rings is 1. The minimum Gasteiger partial charge on any atom is -0.304 e. The first-order chi connectivity index (χ1) is 7.04. The highest BCUT2D eigenvalue weighted by atomic mass is 35.5. The van der Waals surface area contributed by atoms with Crippen LogP contribution in [0.1, 0.15) is 35.5 Å². The van der Waals surface area contributed by atoms with Gasteiger partial charge in [-0.05, 0) is 20.3 Å². The van der Waals surface area contributed by atoms with Crippen LogP contribution in [0.4, 0.5) is 0 Å². The van der Waals surface area contributed by atoms with Crippen LogP contribution >= 0.6 is 22.9 Å². The van der Waals surface area contributed by atoms with Crippen molar-refractivity contribution >= 4 is 22.9 Å². The van der Waals surface area contributed by atoms with E-state index in [0.717, 1.165) is 12.1 Å². The summed E-state index contributed by atoms with van der Waals surface area (Å²) in [6.45, 7) is 10.6. The van der Waals surface area contributed by atoms with Crippen molar-refractivity contribution in [1.82, 2.24) is 10.3 Å².